The number of nitrogens with one attached hydrogen (secondary N) is 3. The Kier molecular flexibility index (Phi) is 1.72. The Labute approximate surface area is 88.4 Å². The van der Waals surface area contributed by atoms with Gasteiger partial charge >= 0.3 is 5.56 Å². The zero-order chi connectivity index (χ0) is 11.0. The molecule has 0 aliphatic heterocycles. The maximum atomic E-state index is 11.3. The van der Waals surface area contributed by atoms with E-state index in [-0.39, 0.29) is 11.1 Å². The molecule has 0 amide bonds. The van der Waals surface area contributed by atoms with Gasteiger partial charge in [-0.3, -0.25) is 10.2 Å². The van der Waals surface area contributed by atoms with Crippen LogP contribution >= 0.6 is 0 Å². The van der Waals surface area contributed by atoms with Crippen LogP contribution in [0.4, 0.5) is 5.95 Å². The van der Waals surface area contributed by atoms with Crippen molar-refractivity contribution in [3.8, 4) is 0 Å². The first-order chi connectivity index (χ1) is 7.84. The highest BCUT2D eigenvalue weighted by Crippen LogP contribution is 2.04. The van der Waals surface area contributed by atoms with E-state index in [0.29, 0.717) is 11.6 Å². The van der Waals surface area contributed by atoms with Gasteiger partial charge in [-0.2, -0.15) is 4.98 Å². The second kappa shape index (κ2) is 3.19. The highest BCUT2D eigenvalue weighted by molar-refractivity contribution is 5.69. The first-order valence-corrected chi connectivity index (χ1v) is 4.52. The fourth-order valence-electron chi connectivity index (χ4n) is 1.38. The van der Waals surface area contributed by atoms with Crippen LogP contribution in [-0.4, -0.2) is 29.6 Å². The van der Waals surface area contributed by atoms with Crippen molar-refractivity contribution >= 4 is 17.1 Å². The van der Waals surface area contributed by atoms with Crippen molar-refractivity contribution < 1.29 is 0 Å². The molecule has 8 heteroatoms. The Bertz CT molecular complexity index is 665. The molecule has 16 heavy (non-hydrogen) atoms. The van der Waals surface area contributed by atoms with Gasteiger partial charge in [0.1, 0.15) is 6.33 Å². The highest BCUT2D eigenvalue weighted by Gasteiger charge is 2.06. The van der Waals surface area contributed by atoms with E-state index in [2.05, 4.69) is 30.3 Å². The molecule has 3 rings (SSSR count). The van der Waals surface area contributed by atoms with Gasteiger partial charge in [0, 0.05) is 12.4 Å². The number of fused-ring (bicyclic) bond motifs is 1. The maximum absolute atomic E-state index is 11.3. The van der Waals surface area contributed by atoms with Crippen LogP contribution in [0.5, 0.6) is 0 Å². The van der Waals surface area contributed by atoms with Crippen LogP contribution in [-0.2, 0) is 0 Å². The maximum Gasteiger partial charge on any atom is 0.300 e. The molecular formula is C8H7N7O. The summed E-state index contributed by atoms with van der Waals surface area (Å²) in [4.78, 5) is 28.6. The van der Waals surface area contributed by atoms with Gasteiger partial charge in [0.05, 0.1) is 6.33 Å². The summed E-state index contributed by atoms with van der Waals surface area (Å²) in [6.07, 6.45) is 6.11. The summed E-state index contributed by atoms with van der Waals surface area (Å²) >= 11 is 0. The Morgan fingerprint density at radius 3 is 3.00 bits per heavy atom. The average molecular weight is 217 g/mol. The summed E-state index contributed by atoms with van der Waals surface area (Å²) in [5.74, 6) is 0.553. The largest absolute Gasteiger partial charge is 0.330 e. The van der Waals surface area contributed by atoms with Gasteiger partial charge in [0.15, 0.2) is 11.2 Å². The molecule has 80 valence electrons. The minimum Gasteiger partial charge on any atom is -0.330 e. The summed E-state index contributed by atoms with van der Waals surface area (Å²) in [5, 5.41) is 0. The molecule has 0 saturated carbocycles. The fraction of sp³-hybridized carbons (Fsp3) is 0. The normalized spacial score (nSPS) is 10.8. The van der Waals surface area contributed by atoms with Crippen LogP contribution in [0.1, 0.15) is 0 Å². The Morgan fingerprint density at radius 1 is 1.25 bits per heavy atom. The van der Waals surface area contributed by atoms with Crippen molar-refractivity contribution in [3.63, 3.8) is 0 Å². The summed E-state index contributed by atoms with van der Waals surface area (Å²) < 4.78 is 1.55. The van der Waals surface area contributed by atoms with Crippen molar-refractivity contribution in [3.05, 3.63) is 35.4 Å². The first kappa shape index (κ1) is 8.65. The molecule has 0 spiro atoms. The van der Waals surface area contributed by atoms with E-state index < -0.39 is 0 Å². The molecule has 0 bridgehead atoms. The lowest BCUT2D eigenvalue weighted by Gasteiger charge is -2.03. The molecule has 0 unspecified atom stereocenters. The predicted octanol–water partition coefficient (Wildman–Crippen LogP) is -0.282. The lowest BCUT2D eigenvalue weighted by molar-refractivity contribution is 0.939. The van der Waals surface area contributed by atoms with E-state index in [1.807, 2.05) is 0 Å². The third-order valence-corrected chi connectivity index (χ3v) is 2.08. The minimum absolute atomic E-state index is 0.279. The van der Waals surface area contributed by atoms with Crippen molar-refractivity contribution in [2.24, 2.45) is 0 Å². The Balaban J connectivity index is 2.11. The average Bonchev–Trinajstić information content (AvgIpc) is 2.90. The topological polar surface area (TPSA) is 104 Å². The fourth-order valence-corrected chi connectivity index (χ4v) is 1.38. The lowest BCUT2D eigenvalue weighted by atomic mass is 10.5. The number of nitrogens with zero attached hydrogens (tertiary/aromatic N) is 4. The van der Waals surface area contributed by atoms with Gasteiger partial charge in [0.25, 0.3) is 0 Å². The number of aromatic nitrogens is 6. The van der Waals surface area contributed by atoms with E-state index in [0.717, 1.165) is 0 Å². The molecule has 0 aromatic carbocycles. The molecule has 0 atom stereocenters. The van der Waals surface area contributed by atoms with Crippen molar-refractivity contribution in [2.45, 2.75) is 0 Å². The smallest absolute Gasteiger partial charge is 0.300 e. The number of rotatable bonds is 2. The van der Waals surface area contributed by atoms with Crippen LogP contribution in [0.2, 0.25) is 0 Å². The van der Waals surface area contributed by atoms with Crippen LogP contribution in [0, 0.1) is 0 Å². The van der Waals surface area contributed by atoms with Gasteiger partial charge < -0.3 is 9.97 Å². The number of hydrogen-bond acceptors (Lipinski definition) is 5. The molecule has 3 N–H and O–H groups in total. The van der Waals surface area contributed by atoms with Gasteiger partial charge in [-0.25, -0.2) is 14.6 Å². The van der Waals surface area contributed by atoms with Crippen LogP contribution in [0.25, 0.3) is 11.2 Å². The quantitative estimate of drug-likeness (QED) is 0.547. The number of hydrogen-bond donors (Lipinski definition) is 3. The van der Waals surface area contributed by atoms with Gasteiger partial charge in [-0.05, 0) is 0 Å². The van der Waals surface area contributed by atoms with E-state index >= 15 is 0 Å². The van der Waals surface area contributed by atoms with Crippen LogP contribution in [0.3, 0.4) is 0 Å². The van der Waals surface area contributed by atoms with Crippen LogP contribution in [0.15, 0.2) is 29.8 Å². The lowest BCUT2D eigenvalue weighted by Crippen LogP contribution is -2.12. The Hall–Kier alpha value is -2.64. The molecule has 0 fully saturated rings. The third kappa shape index (κ3) is 1.24. The number of imidazole rings is 2. The monoisotopic (exact) mass is 217 g/mol. The minimum atomic E-state index is -0.367. The predicted molar refractivity (Wildman–Crippen MR) is 55.8 cm³/mol. The molecule has 0 aliphatic carbocycles. The SMILES string of the molecule is O=c1nc[nH]c2c1ncn2Nc1ncc[nH]1. The second-order valence-electron chi connectivity index (χ2n) is 3.07. The van der Waals surface area contributed by atoms with Crippen molar-refractivity contribution in [1.29, 1.82) is 0 Å². The molecule has 3 heterocycles. The van der Waals surface area contributed by atoms with E-state index in [1.54, 1.807) is 17.1 Å². The molecule has 0 radical (unpaired) electrons. The van der Waals surface area contributed by atoms with E-state index in [4.69, 9.17) is 0 Å². The molecule has 0 aliphatic rings. The summed E-state index contributed by atoms with van der Waals surface area (Å²) in [5.41, 5.74) is 3.37. The summed E-state index contributed by atoms with van der Waals surface area (Å²) in [6.45, 7) is 0. The molecule has 3 aromatic rings. The summed E-state index contributed by atoms with van der Waals surface area (Å²) in [6, 6.07) is 0. The highest BCUT2D eigenvalue weighted by atomic mass is 16.1. The number of aromatic amines is 2. The molecular weight excluding hydrogens is 210 g/mol. The summed E-state index contributed by atoms with van der Waals surface area (Å²) in [7, 11) is 0. The molecule has 8 nitrogen and oxygen atoms in total. The van der Waals surface area contributed by atoms with Crippen molar-refractivity contribution in [2.75, 3.05) is 5.43 Å². The first-order valence-electron chi connectivity index (χ1n) is 4.52. The standard InChI is InChI=1S/C8H7N7O/c16-7-5-6(11-3-12-7)15(4-13-5)14-8-9-1-2-10-8/h1-4H,(H2,9,10,14)(H,11,12,16). The van der Waals surface area contributed by atoms with Gasteiger partial charge in [-0.1, -0.05) is 0 Å². The molecule has 0 saturated heterocycles. The Morgan fingerprint density at radius 2 is 2.19 bits per heavy atom. The van der Waals surface area contributed by atoms with Crippen molar-refractivity contribution in [1.82, 2.24) is 29.6 Å². The van der Waals surface area contributed by atoms with E-state index in [9.17, 15) is 4.79 Å². The zero-order valence-electron chi connectivity index (χ0n) is 8.01. The van der Waals surface area contributed by atoms with Crippen LogP contribution < -0.4 is 11.0 Å². The zero-order valence-corrected chi connectivity index (χ0v) is 8.01. The number of anilines is 1. The second-order valence-corrected chi connectivity index (χ2v) is 3.07. The van der Waals surface area contributed by atoms with E-state index in [1.165, 1.54) is 12.7 Å². The third-order valence-electron chi connectivity index (χ3n) is 2.08. The molecule has 3 aromatic heterocycles. The van der Waals surface area contributed by atoms with Gasteiger partial charge in [0.2, 0.25) is 5.95 Å². The number of H-pyrrole nitrogens is 2. The van der Waals surface area contributed by atoms with Gasteiger partial charge in [-0.15, -0.1) is 0 Å².